The maximum atomic E-state index is 12.8. The van der Waals surface area contributed by atoms with Crippen LogP contribution in [0.25, 0.3) is 0 Å². The standard InChI is InChI=1S/C11H16FNO2S/c1-2-8-16(14,15)13-7-6-10-4-3-5-11(12)9-10/h3-5,9,13H,2,6-8H2,1H3. The molecule has 0 amide bonds. The van der Waals surface area contributed by atoms with Gasteiger partial charge in [0.25, 0.3) is 0 Å². The van der Waals surface area contributed by atoms with Gasteiger partial charge in [-0.25, -0.2) is 17.5 Å². The van der Waals surface area contributed by atoms with Gasteiger partial charge in [0.1, 0.15) is 5.82 Å². The number of halogens is 1. The lowest BCUT2D eigenvalue weighted by atomic mass is 10.1. The summed E-state index contributed by atoms with van der Waals surface area (Å²) in [7, 11) is -3.16. The molecule has 1 rings (SSSR count). The van der Waals surface area contributed by atoms with E-state index in [0.717, 1.165) is 5.56 Å². The van der Waals surface area contributed by atoms with Gasteiger partial charge in [0.05, 0.1) is 5.75 Å². The van der Waals surface area contributed by atoms with Crippen molar-refractivity contribution in [2.24, 2.45) is 0 Å². The highest BCUT2D eigenvalue weighted by Gasteiger charge is 2.07. The molecule has 1 aromatic rings. The van der Waals surface area contributed by atoms with Crippen molar-refractivity contribution in [3.8, 4) is 0 Å². The topological polar surface area (TPSA) is 46.2 Å². The van der Waals surface area contributed by atoms with Gasteiger partial charge in [-0.3, -0.25) is 0 Å². The Labute approximate surface area is 95.7 Å². The highest BCUT2D eigenvalue weighted by molar-refractivity contribution is 7.89. The maximum Gasteiger partial charge on any atom is 0.211 e. The van der Waals surface area contributed by atoms with Crippen LogP contribution in [0, 0.1) is 5.82 Å². The molecular weight excluding hydrogens is 229 g/mol. The van der Waals surface area contributed by atoms with Crippen LogP contribution in [0.5, 0.6) is 0 Å². The largest absolute Gasteiger partial charge is 0.215 e. The summed E-state index contributed by atoms with van der Waals surface area (Å²) in [6.45, 7) is 2.12. The zero-order valence-electron chi connectivity index (χ0n) is 9.24. The predicted molar refractivity (Wildman–Crippen MR) is 62.2 cm³/mol. The second-order valence-electron chi connectivity index (χ2n) is 3.59. The van der Waals surface area contributed by atoms with Crippen molar-refractivity contribution in [3.05, 3.63) is 35.6 Å². The molecule has 90 valence electrons. The highest BCUT2D eigenvalue weighted by Crippen LogP contribution is 2.03. The molecule has 3 nitrogen and oxygen atoms in total. The first-order chi connectivity index (χ1) is 7.53. The van der Waals surface area contributed by atoms with Crippen molar-refractivity contribution in [1.29, 1.82) is 0 Å². The molecule has 1 aromatic carbocycles. The van der Waals surface area contributed by atoms with Gasteiger partial charge >= 0.3 is 0 Å². The van der Waals surface area contributed by atoms with Crippen LogP contribution in [-0.2, 0) is 16.4 Å². The number of hydrogen-bond acceptors (Lipinski definition) is 2. The Morgan fingerprint density at radius 3 is 2.75 bits per heavy atom. The molecule has 0 fully saturated rings. The number of benzene rings is 1. The fourth-order valence-electron chi connectivity index (χ4n) is 1.38. The summed E-state index contributed by atoms with van der Waals surface area (Å²) in [6, 6.07) is 6.17. The molecule has 0 aromatic heterocycles. The molecule has 0 aliphatic carbocycles. The Bertz CT molecular complexity index is 431. The lowest BCUT2D eigenvalue weighted by Crippen LogP contribution is -2.28. The van der Waals surface area contributed by atoms with Crippen molar-refractivity contribution in [2.45, 2.75) is 19.8 Å². The Morgan fingerprint density at radius 1 is 1.38 bits per heavy atom. The van der Waals surface area contributed by atoms with Gasteiger partial charge in [-0.15, -0.1) is 0 Å². The van der Waals surface area contributed by atoms with Crippen molar-refractivity contribution in [2.75, 3.05) is 12.3 Å². The zero-order valence-corrected chi connectivity index (χ0v) is 10.1. The normalized spacial score (nSPS) is 11.6. The minimum atomic E-state index is -3.16. The second kappa shape index (κ2) is 5.96. The van der Waals surface area contributed by atoms with Crippen LogP contribution < -0.4 is 4.72 Å². The van der Waals surface area contributed by atoms with Crippen molar-refractivity contribution < 1.29 is 12.8 Å². The summed E-state index contributed by atoms with van der Waals surface area (Å²) in [4.78, 5) is 0. The molecule has 1 N–H and O–H groups in total. The second-order valence-corrected chi connectivity index (χ2v) is 5.52. The van der Waals surface area contributed by atoms with E-state index in [1.54, 1.807) is 12.1 Å². The fraction of sp³-hybridized carbons (Fsp3) is 0.455. The van der Waals surface area contributed by atoms with E-state index < -0.39 is 10.0 Å². The highest BCUT2D eigenvalue weighted by atomic mass is 32.2. The van der Waals surface area contributed by atoms with Crippen molar-refractivity contribution in [3.63, 3.8) is 0 Å². The third kappa shape index (κ3) is 4.72. The van der Waals surface area contributed by atoms with Gasteiger partial charge < -0.3 is 0 Å². The van der Waals surface area contributed by atoms with E-state index in [1.165, 1.54) is 12.1 Å². The smallest absolute Gasteiger partial charge is 0.211 e. The Balaban J connectivity index is 2.42. The first-order valence-electron chi connectivity index (χ1n) is 5.25. The minimum Gasteiger partial charge on any atom is -0.215 e. The quantitative estimate of drug-likeness (QED) is 0.829. The predicted octanol–water partition coefficient (Wildman–Crippen LogP) is 1.70. The first kappa shape index (κ1) is 13.1. The van der Waals surface area contributed by atoms with Gasteiger partial charge in [0.2, 0.25) is 10.0 Å². The Morgan fingerprint density at radius 2 is 2.12 bits per heavy atom. The van der Waals surface area contributed by atoms with E-state index in [2.05, 4.69) is 4.72 Å². The molecule has 0 saturated heterocycles. The van der Waals surface area contributed by atoms with Gasteiger partial charge in [-0.05, 0) is 30.5 Å². The summed E-state index contributed by atoms with van der Waals surface area (Å²) in [5.41, 5.74) is 0.791. The van der Waals surface area contributed by atoms with Crippen LogP contribution >= 0.6 is 0 Å². The van der Waals surface area contributed by atoms with Crippen molar-refractivity contribution >= 4 is 10.0 Å². The average molecular weight is 245 g/mol. The number of sulfonamides is 1. The fourth-order valence-corrected chi connectivity index (χ4v) is 2.48. The summed E-state index contributed by atoms with van der Waals surface area (Å²) in [5, 5.41) is 0. The average Bonchev–Trinajstić information content (AvgIpc) is 2.17. The van der Waals surface area contributed by atoms with Crippen LogP contribution in [0.2, 0.25) is 0 Å². The van der Waals surface area contributed by atoms with E-state index >= 15 is 0 Å². The van der Waals surface area contributed by atoms with Crippen LogP contribution in [0.1, 0.15) is 18.9 Å². The summed E-state index contributed by atoms with van der Waals surface area (Å²) in [6.07, 6.45) is 1.09. The zero-order chi connectivity index (χ0) is 12.0. The van der Waals surface area contributed by atoms with Gasteiger partial charge in [0.15, 0.2) is 0 Å². The van der Waals surface area contributed by atoms with Crippen LogP contribution in [0.15, 0.2) is 24.3 Å². The monoisotopic (exact) mass is 245 g/mol. The molecule has 0 aliphatic heterocycles. The van der Waals surface area contributed by atoms with Crippen molar-refractivity contribution in [1.82, 2.24) is 4.72 Å². The molecule has 0 bridgehead atoms. The van der Waals surface area contributed by atoms with E-state index in [1.807, 2.05) is 6.92 Å². The van der Waals surface area contributed by atoms with E-state index in [9.17, 15) is 12.8 Å². The lowest BCUT2D eigenvalue weighted by molar-refractivity contribution is 0.580. The van der Waals surface area contributed by atoms with Gasteiger partial charge in [-0.1, -0.05) is 19.1 Å². The van der Waals surface area contributed by atoms with Crippen LogP contribution in [0.4, 0.5) is 4.39 Å². The summed E-state index contributed by atoms with van der Waals surface area (Å²) < 4.78 is 37.9. The molecule has 0 radical (unpaired) electrons. The number of hydrogen-bond donors (Lipinski definition) is 1. The van der Waals surface area contributed by atoms with Gasteiger partial charge in [-0.2, -0.15) is 0 Å². The molecule has 0 unspecified atom stereocenters. The van der Waals surface area contributed by atoms with E-state index in [-0.39, 0.29) is 11.6 Å². The summed E-state index contributed by atoms with van der Waals surface area (Å²) >= 11 is 0. The number of nitrogens with one attached hydrogen (secondary N) is 1. The molecule has 16 heavy (non-hydrogen) atoms. The SMILES string of the molecule is CCCS(=O)(=O)NCCc1cccc(F)c1. The minimum absolute atomic E-state index is 0.135. The molecule has 5 heteroatoms. The Hall–Kier alpha value is -0.940. The molecule has 0 spiro atoms. The number of rotatable bonds is 6. The van der Waals surface area contributed by atoms with Crippen LogP contribution in [0.3, 0.4) is 0 Å². The molecular formula is C11H16FNO2S. The summed E-state index contributed by atoms with van der Waals surface area (Å²) in [5.74, 6) is -0.162. The first-order valence-corrected chi connectivity index (χ1v) is 6.90. The third-order valence-corrected chi connectivity index (χ3v) is 3.69. The molecule has 0 aliphatic rings. The third-order valence-electron chi connectivity index (χ3n) is 2.10. The lowest BCUT2D eigenvalue weighted by Gasteiger charge is -2.05. The maximum absolute atomic E-state index is 12.8. The van der Waals surface area contributed by atoms with Crippen LogP contribution in [-0.4, -0.2) is 20.7 Å². The van der Waals surface area contributed by atoms with E-state index in [0.29, 0.717) is 19.4 Å². The van der Waals surface area contributed by atoms with Gasteiger partial charge in [0, 0.05) is 6.54 Å². The molecule has 0 heterocycles. The molecule has 0 atom stereocenters. The Kier molecular flexibility index (Phi) is 4.89. The molecule has 0 saturated carbocycles. The van der Waals surface area contributed by atoms with E-state index in [4.69, 9.17) is 0 Å².